The monoisotopic (exact) mass is 259 g/mol. The first-order chi connectivity index (χ1) is 9.29. The van der Waals surface area contributed by atoms with Crippen molar-refractivity contribution in [2.75, 3.05) is 13.2 Å². The number of aliphatic hydroxyl groups is 1. The first-order valence-corrected chi connectivity index (χ1v) is 6.25. The van der Waals surface area contributed by atoms with Gasteiger partial charge >= 0.3 is 0 Å². The van der Waals surface area contributed by atoms with E-state index in [2.05, 4.69) is 10.3 Å². The first kappa shape index (κ1) is 13.3. The fourth-order valence-corrected chi connectivity index (χ4v) is 1.76. The molecule has 2 rings (SSSR count). The highest BCUT2D eigenvalue weighted by molar-refractivity contribution is 5.76. The number of aliphatic hydroxyl groups excluding tert-OH is 1. The predicted octanol–water partition coefficient (Wildman–Crippen LogP) is 0.913. The number of hydrogen-bond donors (Lipinski definition) is 2. The molecule has 0 saturated heterocycles. The number of nitrogens with zero attached hydrogens (tertiary/aromatic N) is 2. The number of aromatic nitrogens is 2. The molecule has 0 bridgehead atoms. The summed E-state index contributed by atoms with van der Waals surface area (Å²) in [4.78, 5) is 15.7. The molecule has 1 heterocycles. The predicted molar refractivity (Wildman–Crippen MR) is 72.0 cm³/mol. The van der Waals surface area contributed by atoms with Crippen LogP contribution in [0.2, 0.25) is 0 Å². The zero-order valence-electron chi connectivity index (χ0n) is 10.6. The van der Waals surface area contributed by atoms with Crippen molar-refractivity contribution in [1.29, 1.82) is 0 Å². The van der Waals surface area contributed by atoms with Crippen LogP contribution in [0.3, 0.4) is 0 Å². The average molecular weight is 259 g/mol. The lowest BCUT2D eigenvalue weighted by Gasteiger charge is -2.01. The number of benzene rings is 1. The molecule has 19 heavy (non-hydrogen) atoms. The van der Waals surface area contributed by atoms with E-state index in [9.17, 15) is 4.79 Å². The third-order valence-corrected chi connectivity index (χ3v) is 2.73. The number of amides is 1. The second-order valence-corrected chi connectivity index (χ2v) is 4.18. The van der Waals surface area contributed by atoms with Gasteiger partial charge < -0.3 is 15.0 Å². The van der Waals surface area contributed by atoms with Crippen LogP contribution in [0.5, 0.6) is 0 Å². The van der Waals surface area contributed by atoms with E-state index in [4.69, 9.17) is 5.11 Å². The SMILES string of the molecule is O=C(CCc1cn(-c2ccccc2)cn1)NCCO. The van der Waals surface area contributed by atoms with Gasteiger partial charge in [0.25, 0.3) is 0 Å². The van der Waals surface area contributed by atoms with Crippen LogP contribution in [-0.4, -0.2) is 33.7 Å². The van der Waals surface area contributed by atoms with E-state index >= 15 is 0 Å². The number of carbonyl (C=O) groups excluding carboxylic acids is 1. The van der Waals surface area contributed by atoms with Gasteiger partial charge in [-0.3, -0.25) is 4.79 Å². The van der Waals surface area contributed by atoms with Gasteiger partial charge in [0.1, 0.15) is 0 Å². The minimum atomic E-state index is -0.0664. The molecular weight excluding hydrogens is 242 g/mol. The van der Waals surface area contributed by atoms with Gasteiger partial charge in [-0.25, -0.2) is 4.98 Å². The Morgan fingerprint density at radius 2 is 2.11 bits per heavy atom. The van der Waals surface area contributed by atoms with E-state index in [1.54, 1.807) is 6.33 Å². The highest BCUT2D eigenvalue weighted by atomic mass is 16.3. The van der Waals surface area contributed by atoms with Crippen LogP contribution in [0.1, 0.15) is 12.1 Å². The maximum atomic E-state index is 11.4. The van der Waals surface area contributed by atoms with Crippen molar-refractivity contribution in [3.8, 4) is 5.69 Å². The Balaban J connectivity index is 1.90. The Bertz CT molecular complexity index is 522. The molecule has 0 unspecified atom stereocenters. The van der Waals surface area contributed by atoms with E-state index in [1.165, 1.54) is 0 Å². The van der Waals surface area contributed by atoms with Crippen molar-refractivity contribution in [3.63, 3.8) is 0 Å². The molecule has 1 aromatic heterocycles. The molecule has 0 aliphatic heterocycles. The summed E-state index contributed by atoms with van der Waals surface area (Å²) in [5, 5.41) is 11.2. The molecule has 0 aliphatic rings. The lowest BCUT2D eigenvalue weighted by atomic mass is 10.2. The van der Waals surface area contributed by atoms with Gasteiger partial charge in [0, 0.05) is 24.8 Å². The molecule has 0 radical (unpaired) electrons. The van der Waals surface area contributed by atoms with Crippen molar-refractivity contribution in [3.05, 3.63) is 48.5 Å². The third kappa shape index (κ3) is 3.93. The normalized spacial score (nSPS) is 10.4. The van der Waals surface area contributed by atoms with Crippen LogP contribution < -0.4 is 5.32 Å². The molecule has 5 heteroatoms. The van der Waals surface area contributed by atoms with Gasteiger partial charge in [0.15, 0.2) is 0 Å². The Morgan fingerprint density at radius 1 is 1.32 bits per heavy atom. The number of para-hydroxylation sites is 1. The van der Waals surface area contributed by atoms with Crippen molar-refractivity contribution < 1.29 is 9.90 Å². The molecule has 0 atom stereocenters. The molecule has 5 nitrogen and oxygen atoms in total. The Hall–Kier alpha value is -2.14. The van der Waals surface area contributed by atoms with Gasteiger partial charge in [-0.2, -0.15) is 0 Å². The van der Waals surface area contributed by atoms with E-state index in [-0.39, 0.29) is 12.5 Å². The van der Waals surface area contributed by atoms with Crippen molar-refractivity contribution in [2.45, 2.75) is 12.8 Å². The van der Waals surface area contributed by atoms with Crippen LogP contribution in [0.25, 0.3) is 5.69 Å². The summed E-state index contributed by atoms with van der Waals surface area (Å²) >= 11 is 0. The fourth-order valence-electron chi connectivity index (χ4n) is 1.76. The van der Waals surface area contributed by atoms with Gasteiger partial charge in [-0.15, -0.1) is 0 Å². The zero-order valence-corrected chi connectivity index (χ0v) is 10.6. The first-order valence-electron chi connectivity index (χ1n) is 6.25. The van der Waals surface area contributed by atoms with E-state index in [0.29, 0.717) is 19.4 Å². The lowest BCUT2D eigenvalue weighted by molar-refractivity contribution is -0.121. The van der Waals surface area contributed by atoms with Gasteiger partial charge in [0.2, 0.25) is 5.91 Å². The Kier molecular flexibility index (Phi) is 4.69. The standard InChI is InChI=1S/C14H17N3O2/c18-9-8-15-14(19)7-6-12-10-17(11-16-12)13-4-2-1-3-5-13/h1-5,10-11,18H,6-9H2,(H,15,19). The number of aryl methyl sites for hydroxylation is 1. The molecule has 0 aliphatic carbocycles. The minimum Gasteiger partial charge on any atom is -0.395 e. The molecule has 1 aromatic carbocycles. The molecule has 2 N–H and O–H groups in total. The summed E-state index contributed by atoms with van der Waals surface area (Å²) in [6.07, 6.45) is 4.65. The summed E-state index contributed by atoms with van der Waals surface area (Å²) < 4.78 is 1.93. The zero-order chi connectivity index (χ0) is 13.5. The third-order valence-electron chi connectivity index (χ3n) is 2.73. The topological polar surface area (TPSA) is 67.2 Å². The largest absolute Gasteiger partial charge is 0.395 e. The van der Waals surface area contributed by atoms with Crippen LogP contribution in [0, 0.1) is 0 Å². The molecule has 0 spiro atoms. The van der Waals surface area contributed by atoms with Gasteiger partial charge in [-0.1, -0.05) is 18.2 Å². The molecule has 2 aromatic rings. The molecule has 0 fully saturated rings. The van der Waals surface area contributed by atoms with Crippen LogP contribution in [-0.2, 0) is 11.2 Å². The van der Waals surface area contributed by atoms with Gasteiger partial charge in [-0.05, 0) is 18.6 Å². The number of imidazole rings is 1. The van der Waals surface area contributed by atoms with Crippen molar-refractivity contribution in [1.82, 2.24) is 14.9 Å². The second kappa shape index (κ2) is 6.70. The van der Waals surface area contributed by atoms with Gasteiger partial charge in [0.05, 0.1) is 18.6 Å². The second-order valence-electron chi connectivity index (χ2n) is 4.18. The highest BCUT2D eigenvalue weighted by Crippen LogP contribution is 2.08. The Morgan fingerprint density at radius 3 is 2.84 bits per heavy atom. The fraction of sp³-hybridized carbons (Fsp3) is 0.286. The van der Waals surface area contributed by atoms with E-state index in [0.717, 1.165) is 11.4 Å². The molecule has 100 valence electrons. The summed E-state index contributed by atoms with van der Waals surface area (Å²) in [5.74, 6) is -0.0664. The summed E-state index contributed by atoms with van der Waals surface area (Å²) in [7, 11) is 0. The van der Waals surface area contributed by atoms with E-state index < -0.39 is 0 Å². The van der Waals surface area contributed by atoms with Crippen LogP contribution in [0.4, 0.5) is 0 Å². The summed E-state index contributed by atoms with van der Waals surface area (Å²) in [6, 6.07) is 9.90. The van der Waals surface area contributed by atoms with E-state index in [1.807, 2.05) is 41.1 Å². The smallest absolute Gasteiger partial charge is 0.220 e. The maximum absolute atomic E-state index is 11.4. The summed E-state index contributed by atoms with van der Waals surface area (Å²) in [5.41, 5.74) is 1.92. The number of carbonyl (C=O) groups is 1. The lowest BCUT2D eigenvalue weighted by Crippen LogP contribution is -2.26. The molecule has 1 amide bonds. The summed E-state index contributed by atoms with van der Waals surface area (Å²) in [6.45, 7) is 0.270. The number of hydrogen-bond acceptors (Lipinski definition) is 3. The Labute approximate surface area is 111 Å². The number of nitrogens with one attached hydrogen (secondary N) is 1. The molecule has 0 saturated carbocycles. The maximum Gasteiger partial charge on any atom is 0.220 e. The quantitative estimate of drug-likeness (QED) is 0.810. The molecular formula is C14H17N3O2. The average Bonchev–Trinajstić information content (AvgIpc) is 2.93. The van der Waals surface area contributed by atoms with Crippen molar-refractivity contribution >= 4 is 5.91 Å². The number of rotatable bonds is 6. The minimum absolute atomic E-state index is 0.0334. The van der Waals surface area contributed by atoms with Crippen LogP contribution in [0.15, 0.2) is 42.9 Å². The highest BCUT2D eigenvalue weighted by Gasteiger charge is 2.04. The van der Waals surface area contributed by atoms with Crippen molar-refractivity contribution in [2.24, 2.45) is 0 Å². The van der Waals surface area contributed by atoms with Crippen LogP contribution >= 0.6 is 0 Å².